The van der Waals surface area contributed by atoms with Gasteiger partial charge in [0, 0.05) is 22.2 Å². The van der Waals surface area contributed by atoms with Gasteiger partial charge in [-0.25, -0.2) is 0 Å². The maximum atomic E-state index is 13.0. The van der Waals surface area contributed by atoms with E-state index >= 15 is 0 Å². The molecule has 0 spiro atoms. The fourth-order valence-corrected chi connectivity index (χ4v) is 5.47. The Balaban J connectivity index is 1.31. The number of carbonyl (C=O) groups is 3. The SMILES string of the molecule is COc1ccc(Cl)cc1NC(=O)c1cccc(NC(=O)[C@H]2[C@H]3C[C@@H]4[C@@H]2C(=O)O[C@@H]4C3)c1. The zero-order chi connectivity index (χ0) is 21.7. The van der Waals surface area contributed by atoms with Crippen molar-refractivity contribution in [2.24, 2.45) is 23.7 Å². The van der Waals surface area contributed by atoms with Crippen LogP contribution in [0.25, 0.3) is 0 Å². The van der Waals surface area contributed by atoms with Crippen LogP contribution in [0.5, 0.6) is 5.75 Å². The first-order valence-electron chi connectivity index (χ1n) is 10.2. The highest BCUT2D eigenvalue weighted by atomic mass is 35.5. The van der Waals surface area contributed by atoms with Crippen LogP contribution in [0.15, 0.2) is 42.5 Å². The summed E-state index contributed by atoms with van der Waals surface area (Å²) >= 11 is 6.02. The van der Waals surface area contributed by atoms with Crippen LogP contribution in [-0.4, -0.2) is 31.0 Å². The molecule has 1 saturated heterocycles. The lowest BCUT2D eigenvalue weighted by Crippen LogP contribution is -2.35. The number of carbonyl (C=O) groups excluding carboxylic acids is 3. The molecule has 1 heterocycles. The van der Waals surface area contributed by atoms with Gasteiger partial charge in [-0.2, -0.15) is 0 Å². The van der Waals surface area contributed by atoms with Crippen LogP contribution >= 0.6 is 11.6 Å². The molecule has 3 aliphatic rings. The van der Waals surface area contributed by atoms with Crippen molar-refractivity contribution >= 4 is 40.8 Å². The first kappa shape index (κ1) is 19.9. The van der Waals surface area contributed by atoms with Crippen LogP contribution in [0.1, 0.15) is 23.2 Å². The van der Waals surface area contributed by atoms with E-state index in [4.69, 9.17) is 21.1 Å². The van der Waals surface area contributed by atoms with E-state index in [0.29, 0.717) is 27.7 Å². The first-order valence-corrected chi connectivity index (χ1v) is 10.6. The number of rotatable bonds is 5. The number of amides is 2. The lowest BCUT2D eigenvalue weighted by atomic mass is 9.79. The Morgan fingerprint density at radius 2 is 1.97 bits per heavy atom. The Kier molecular flexibility index (Phi) is 4.85. The smallest absolute Gasteiger partial charge is 0.310 e. The zero-order valence-corrected chi connectivity index (χ0v) is 17.5. The van der Waals surface area contributed by atoms with Gasteiger partial charge >= 0.3 is 5.97 Å². The Hall–Kier alpha value is -3.06. The molecule has 2 N–H and O–H groups in total. The lowest BCUT2D eigenvalue weighted by Gasteiger charge is -2.23. The monoisotopic (exact) mass is 440 g/mol. The van der Waals surface area contributed by atoms with E-state index in [1.165, 1.54) is 7.11 Å². The molecule has 0 unspecified atom stereocenters. The van der Waals surface area contributed by atoms with Gasteiger partial charge in [-0.15, -0.1) is 0 Å². The number of nitrogens with one attached hydrogen (secondary N) is 2. The minimum Gasteiger partial charge on any atom is -0.495 e. The number of halogens is 1. The average molecular weight is 441 g/mol. The molecule has 8 heteroatoms. The fraction of sp³-hybridized carbons (Fsp3) is 0.348. The summed E-state index contributed by atoms with van der Waals surface area (Å²) in [5.41, 5.74) is 1.32. The standard InChI is InChI=1S/C23H21ClN2O5/c1-30-17-6-5-13(24)10-16(17)26-21(27)11-3-2-4-14(7-11)25-22(28)19-12-8-15-18(9-12)31-23(29)20(15)19/h2-7,10,12,15,18-20H,8-9H2,1H3,(H,25,28)(H,26,27)/t12-,15-,18+,19-,20-/m0/s1. The second-order valence-corrected chi connectivity index (χ2v) is 8.73. The Morgan fingerprint density at radius 3 is 2.77 bits per heavy atom. The van der Waals surface area contributed by atoms with Crippen molar-refractivity contribution < 1.29 is 23.9 Å². The van der Waals surface area contributed by atoms with Gasteiger partial charge in [-0.05, 0) is 55.2 Å². The molecule has 2 aromatic carbocycles. The predicted molar refractivity (Wildman–Crippen MR) is 114 cm³/mol. The minimum atomic E-state index is -0.371. The molecule has 0 aromatic heterocycles. The Labute approximate surface area is 184 Å². The van der Waals surface area contributed by atoms with Gasteiger partial charge < -0.3 is 20.1 Å². The molecule has 2 aliphatic carbocycles. The maximum absolute atomic E-state index is 13.0. The number of hydrogen-bond donors (Lipinski definition) is 2. The van der Waals surface area contributed by atoms with Gasteiger partial charge in [0.25, 0.3) is 5.91 Å². The van der Waals surface area contributed by atoms with E-state index in [1.807, 2.05) is 0 Å². The first-order chi connectivity index (χ1) is 14.9. The molecule has 0 radical (unpaired) electrons. The summed E-state index contributed by atoms with van der Waals surface area (Å²) in [6.45, 7) is 0. The summed E-state index contributed by atoms with van der Waals surface area (Å²) in [5, 5.41) is 6.14. The highest BCUT2D eigenvalue weighted by Crippen LogP contribution is 2.57. The largest absolute Gasteiger partial charge is 0.495 e. The van der Waals surface area contributed by atoms with Crippen LogP contribution < -0.4 is 15.4 Å². The van der Waals surface area contributed by atoms with E-state index in [1.54, 1.807) is 42.5 Å². The average Bonchev–Trinajstić information content (AvgIpc) is 3.37. The molecule has 2 saturated carbocycles. The van der Waals surface area contributed by atoms with Crippen molar-refractivity contribution in [3.63, 3.8) is 0 Å². The summed E-state index contributed by atoms with van der Waals surface area (Å²) < 4.78 is 10.7. The molecule has 3 fully saturated rings. The van der Waals surface area contributed by atoms with Crippen molar-refractivity contribution in [2.45, 2.75) is 18.9 Å². The third-order valence-corrected chi connectivity index (χ3v) is 6.82. The van der Waals surface area contributed by atoms with Crippen LogP contribution in [0, 0.1) is 23.7 Å². The second-order valence-electron chi connectivity index (χ2n) is 8.29. The topological polar surface area (TPSA) is 93.7 Å². The third kappa shape index (κ3) is 3.43. The Morgan fingerprint density at radius 1 is 1.13 bits per heavy atom. The Bertz CT molecular complexity index is 1090. The second kappa shape index (κ2) is 7.57. The molecule has 5 atom stereocenters. The number of fused-ring (bicyclic) bond motifs is 1. The quantitative estimate of drug-likeness (QED) is 0.691. The van der Waals surface area contributed by atoms with Crippen molar-refractivity contribution in [3.8, 4) is 5.75 Å². The molecule has 2 amide bonds. The molecule has 2 aromatic rings. The van der Waals surface area contributed by atoms with Gasteiger partial charge in [0.05, 0.1) is 24.6 Å². The van der Waals surface area contributed by atoms with Crippen molar-refractivity contribution in [1.82, 2.24) is 0 Å². The number of anilines is 2. The minimum absolute atomic E-state index is 0.0120. The van der Waals surface area contributed by atoms with E-state index < -0.39 is 0 Å². The molecule has 31 heavy (non-hydrogen) atoms. The lowest BCUT2D eigenvalue weighted by molar-refractivity contribution is -0.145. The van der Waals surface area contributed by atoms with E-state index in [-0.39, 0.29) is 47.6 Å². The number of benzene rings is 2. The van der Waals surface area contributed by atoms with Gasteiger partial charge in [0.15, 0.2) is 0 Å². The molecule has 5 rings (SSSR count). The molecule has 7 nitrogen and oxygen atoms in total. The van der Waals surface area contributed by atoms with Gasteiger partial charge in [-0.3, -0.25) is 14.4 Å². The van der Waals surface area contributed by atoms with Crippen LogP contribution in [-0.2, 0) is 14.3 Å². The molecule has 160 valence electrons. The number of hydrogen-bond acceptors (Lipinski definition) is 5. The normalized spacial score (nSPS) is 27.7. The van der Waals surface area contributed by atoms with Crippen molar-refractivity contribution in [2.75, 3.05) is 17.7 Å². The highest BCUT2D eigenvalue weighted by molar-refractivity contribution is 6.31. The molecule has 1 aliphatic heterocycles. The highest BCUT2D eigenvalue weighted by Gasteiger charge is 2.63. The fourth-order valence-electron chi connectivity index (χ4n) is 5.30. The van der Waals surface area contributed by atoms with Crippen LogP contribution in [0.4, 0.5) is 11.4 Å². The third-order valence-electron chi connectivity index (χ3n) is 6.59. The number of ether oxygens (including phenoxy) is 2. The van der Waals surface area contributed by atoms with Gasteiger partial charge in [-0.1, -0.05) is 17.7 Å². The summed E-state index contributed by atoms with van der Waals surface area (Å²) in [4.78, 5) is 37.9. The van der Waals surface area contributed by atoms with E-state index in [2.05, 4.69) is 10.6 Å². The van der Waals surface area contributed by atoms with E-state index in [9.17, 15) is 14.4 Å². The van der Waals surface area contributed by atoms with Crippen LogP contribution in [0.3, 0.4) is 0 Å². The van der Waals surface area contributed by atoms with Gasteiger partial charge in [0.1, 0.15) is 11.9 Å². The number of methoxy groups -OCH3 is 1. The summed E-state index contributed by atoms with van der Waals surface area (Å²) in [5.74, 6) is -0.692. The van der Waals surface area contributed by atoms with Crippen molar-refractivity contribution in [1.29, 1.82) is 0 Å². The van der Waals surface area contributed by atoms with Gasteiger partial charge in [0.2, 0.25) is 5.91 Å². The van der Waals surface area contributed by atoms with Crippen LogP contribution in [0.2, 0.25) is 5.02 Å². The molecule has 2 bridgehead atoms. The predicted octanol–water partition coefficient (Wildman–Crippen LogP) is 3.74. The zero-order valence-electron chi connectivity index (χ0n) is 16.8. The molecular formula is C23H21ClN2O5. The number of esters is 1. The van der Waals surface area contributed by atoms with Crippen molar-refractivity contribution in [3.05, 3.63) is 53.1 Å². The van der Waals surface area contributed by atoms with E-state index in [0.717, 1.165) is 12.8 Å². The summed E-state index contributed by atoms with van der Waals surface area (Å²) in [6.07, 6.45) is 1.61. The molecular weight excluding hydrogens is 420 g/mol. The summed E-state index contributed by atoms with van der Waals surface area (Å²) in [6, 6.07) is 11.6. The maximum Gasteiger partial charge on any atom is 0.310 e. The summed E-state index contributed by atoms with van der Waals surface area (Å²) in [7, 11) is 1.51.